The van der Waals surface area contributed by atoms with Crippen molar-refractivity contribution in [2.75, 3.05) is 17.3 Å². The van der Waals surface area contributed by atoms with Crippen LogP contribution in [0, 0.1) is 18.3 Å². The lowest BCUT2D eigenvalue weighted by Crippen LogP contribution is -2.30. The van der Waals surface area contributed by atoms with Crippen LogP contribution >= 0.6 is 11.8 Å². The standard InChI is InChI=1S/C30H29N3O3S/c1-19(2)22-10-8-21(9-11-22)17-27-29(35)33(24-12-14-25(36-4)15-13-24)30(37-27)26(18-31)28(34)32-23-7-5-6-20(3)16-23/h5-16,19,27H,17H2,1-4H3,(H,32,34)/b30-26-. The van der Waals surface area contributed by atoms with Gasteiger partial charge in [-0.2, -0.15) is 5.26 Å². The number of nitriles is 1. The molecular weight excluding hydrogens is 482 g/mol. The van der Waals surface area contributed by atoms with Gasteiger partial charge in [-0.15, -0.1) is 0 Å². The molecule has 0 bridgehead atoms. The van der Waals surface area contributed by atoms with E-state index in [9.17, 15) is 14.9 Å². The predicted octanol–water partition coefficient (Wildman–Crippen LogP) is 6.19. The summed E-state index contributed by atoms with van der Waals surface area (Å²) in [5.74, 6) is 0.341. The van der Waals surface area contributed by atoms with Crippen molar-refractivity contribution in [3.63, 3.8) is 0 Å². The van der Waals surface area contributed by atoms with Gasteiger partial charge in [0.25, 0.3) is 5.91 Å². The molecule has 3 aromatic carbocycles. The smallest absolute Gasteiger partial charge is 0.269 e. The van der Waals surface area contributed by atoms with Gasteiger partial charge in [0, 0.05) is 11.4 Å². The lowest BCUT2D eigenvalue weighted by atomic mass is 10.00. The molecule has 1 unspecified atom stereocenters. The van der Waals surface area contributed by atoms with Gasteiger partial charge < -0.3 is 10.1 Å². The maximum Gasteiger partial charge on any atom is 0.269 e. The van der Waals surface area contributed by atoms with Gasteiger partial charge in [-0.25, -0.2) is 0 Å². The summed E-state index contributed by atoms with van der Waals surface area (Å²) in [4.78, 5) is 28.4. The topological polar surface area (TPSA) is 82.4 Å². The summed E-state index contributed by atoms with van der Waals surface area (Å²) < 4.78 is 5.26. The van der Waals surface area contributed by atoms with Crippen LogP contribution in [0.15, 0.2) is 83.4 Å². The van der Waals surface area contributed by atoms with Crippen LogP contribution in [0.1, 0.15) is 36.5 Å². The highest BCUT2D eigenvalue weighted by atomic mass is 32.2. The second kappa shape index (κ2) is 11.4. The number of thioether (sulfide) groups is 1. The minimum atomic E-state index is -0.552. The number of benzene rings is 3. The van der Waals surface area contributed by atoms with E-state index in [0.29, 0.717) is 34.5 Å². The minimum absolute atomic E-state index is 0.103. The summed E-state index contributed by atoms with van der Waals surface area (Å²) in [6, 6.07) is 24.7. The molecule has 1 N–H and O–H groups in total. The summed E-state index contributed by atoms with van der Waals surface area (Å²) >= 11 is 1.25. The maximum atomic E-state index is 13.7. The van der Waals surface area contributed by atoms with Crippen molar-refractivity contribution in [3.05, 3.63) is 100 Å². The zero-order valence-electron chi connectivity index (χ0n) is 21.3. The summed E-state index contributed by atoms with van der Waals surface area (Å²) in [6.45, 7) is 6.20. The van der Waals surface area contributed by atoms with E-state index in [1.807, 2.05) is 37.3 Å². The Balaban J connectivity index is 1.70. The number of ether oxygens (including phenoxy) is 1. The first-order valence-electron chi connectivity index (χ1n) is 12.1. The molecule has 6 nitrogen and oxygen atoms in total. The molecule has 1 atom stereocenters. The number of hydrogen-bond acceptors (Lipinski definition) is 5. The normalized spacial score (nSPS) is 16.5. The number of methoxy groups -OCH3 is 1. The lowest BCUT2D eigenvalue weighted by Gasteiger charge is -2.19. The summed E-state index contributed by atoms with van der Waals surface area (Å²) in [7, 11) is 1.57. The van der Waals surface area contributed by atoms with Crippen LogP contribution in [0.2, 0.25) is 0 Å². The first-order chi connectivity index (χ1) is 17.8. The van der Waals surface area contributed by atoms with Crippen LogP contribution in [0.25, 0.3) is 0 Å². The summed E-state index contributed by atoms with van der Waals surface area (Å²) in [5, 5.41) is 12.7. The average molecular weight is 512 g/mol. The second-order valence-corrected chi connectivity index (χ2v) is 10.4. The number of aryl methyl sites for hydroxylation is 1. The van der Waals surface area contributed by atoms with Gasteiger partial charge in [0.1, 0.15) is 22.4 Å². The first-order valence-corrected chi connectivity index (χ1v) is 12.9. The Morgan fingerprint density at radius 3 is 2.41 bits per heavy atom. The molecule has 0 radical (unpaired) electrons. The summed E-state index contributed by atoms with van der Waals surface area (Å²) in [6.07, 6.45) is 0.482. The van der Waals surface area contributed by atoms with E-state index in [4.69, 9.17) is 4.74 Å². The number of rotatable bonds is 7. The van der Waals surface area contributed by atoms with Gasteiger partial charge in [-0.3, -0.25) is 14.5 Å². The molecule has 0 saturated carbocycles. The van der Waals surface area contributed by atoms with Crippen molar-refractivity contribution < 1.29 is 14.3 Å². The largest absolute Gasteiger partial charge is 0.497 e. The molecule has 0 spiro atoms. The Hall–Kier alpha value is -4.02. The fourth-order valence-electron chi connectivity index (χ4n) is 4.12. The molecular formula is C30H29N3O3S. The van der Waals surface area contributed by atoms with Gasteiger partial charge in [-0.05, 0) is 72.4 Å². The van der Waals surface area contributed by atoms with Crippen LogP contribution in [-0.2, 0) is 16.0 Å². The Kier molecular flexibility index (Phi) is 8.00. The highest BCUT2D eigenvalue weighted by Crippen LogP contribution is 2.42. The van der Waals surface area contributed by atoms with Crippen molar-refractivity contribution in [2.24, 2.45) is 0 Å². The van der Waals surface area contributed by atoms with E-state index < -0.39 is 11.2 Å². The Bertz CT molecular complexity index is 1370. The Labute approximate surface area is 221 Å². The number of carbonyl (C=O) groups is 2. The fourth-order valence-corrected chi connectivity index (χ4v) is 5.43. The number of nitrogens with one attached hydrogen (secondary N) is 1. The molecule has 1 saturated heterocycles. The summed E-state index contributed by atoms with van der Waals surface area (Å²) in [5.41, 5.74) is 4.29. The van der Waals surface area contributed by atoms with Crippen LogP contribution in [0.4, 0.5) is 11.4 Å². The Morgan fingerprint density at radius 1 is 1.11 bits per heavy atom. The molecule has 2 amide bonds. The monoisotopic (exact) mass is 511 g/mol. The molecule has 7 heteroatoms. The number of carbonyl (C=O) groups excluding carboxylic acids is 2. The van der Waals surface area contributed by atoms with Crippen LogP contribution in [0.3, 0.4) is 0 Å². The molecule has 4 rings (SSSR count). The van der Waals surface area contributed by atoms with Gasteiger partial charge >= 0.3 is 0 Å². The molecule has 1 fully saturated rings. The van der Waals surface area contributed by atoms with Crippen molar-refractivity contribution in [1.29, 1.82) is 5.26 Å². The van der Waals surface area contributed by atoms with Gasteiger partial charge in [-0.1, -0.05) is 62.0 Å². The maximum absolute atomic E-state index is 13.7. The minimum Gasteiger partial charge on any atom is -0.497 e. The third-order valence-corrected chi connectivity index (χ3v) is 7.44. The highest BCUT2D eigenvalue weighted by Gasteiger charge is 2.40. The molecule has 1 aliphatic rings. The van der Waals surface area contributed by atoms with E-state index in [0.717, 1.165) is 11.1 Å². The number of anilines is 2. The van der Waals surface area contributed by atoms with Crippen LogP contribution in [0.5, 0.6) is 5.75 Å². The third-order valence-electron chi connectivity index (χ3n) is 6.18. The zero-order chi connectivity index (χ0) is 26.5. The fraction of sp³-hybridized carbons (Fsp3) is 0.233. The van der Waals surface area contributed by atoms with Crippen molar-refractivity contribution in [3.8, 4) is 11.8 Å². The van der Waals surface area contributed by atoms with Gasteiger partial charge in [0.05, 0.1) is 12.4 Å². The molecule has 188 valence electrons. The zero-order valence-corrected chi connectivity index (χ0v) is 22.1. The van der Waals surface area contributed by atoms with Crippen molar-refractivity contribution >= 4 is 35.0 Å². The van der Waals surface area contributed by atoms with E-state index in [-0.39, 0.29) is 11.5 Å². The van der Waals surface area contributed by atoms with Crippen molar-refractivity contribution in [1.82, 2.24) is 0 Å². The SMILES string of the molecule is COc1ccc(N2C(=O)C(Cc3ccc(C(C)C)cc3)S/C2=C(/C#N)C(=O)Nc2cccc(C)c2)cc1. The lowest BCUT2D eigenvalue weighted by molar-refractivity contribution is -0.117. The Morgan fingerprint density at radius 2 is 1.81 bits per heavy atom. The molecule has 3 aromatic rings. The van der Waals surface area contributed by atoms with Crippen molar-refractivity contribution in [2.45, 2.75) is 38.4 Å². The van der Waals surface area contributed by atoms with E-state index in [1.165, 1.54) is 22.2 Å². The molecule has 1 aliphatic heterocycles. The first kappa shape index (κ1) is 26.1. The molecule has 1 heterocycles. The average Bonchev–Trinajstić information content (AvgIpc) is 3.20. The quantitative estimate of drug-likeness (QED) is 0.302. The second-order valence-electron chi connectivity index (χ2n) is 9.19. The molecule has 37 heavy (non-hydrogen) atoms. The molecule has 0 aromatic heterocycles. The van der Waals surface area contributed by atoms with E-state index >= 15 is 0 Å². The third kappa shape index (κ3) is 5.87. The van der Waals surface area contributed by atoms with Crippen LogP contribution < -0.4 is 15.0 Å². The number of amides is 2. The van der Waals surface area contributed by atoms with Gasteiger partial charge in [0.15, 0.2) is 0 Å². The number of hydrogen-bond donors (Lipinski definition) is 1. The van der Waals surface area contributed by atoms with E-state index in [2.05, 4.69) is 37.4 Å². The predicted molar refractivity (Wildman–Crippen MR) is 149 cm³/mol. The highest BCUT2D eigenvalue weighted by molar-refractivity contribution is 8.05. The van der Waals surface area contributed by atoms with Gasteiger partial charge in [0.2, 0.25) is 5.91 Å². The number of nitrogens with zero attached hydrogens (tertiary/aromatic N) is 2. The van der Waals surface area contributed by atoms with Crippen LogP contribution in [-0.4, -0.2) is 24.2 Å². The molecule has 0 aliphatic carbocycles. The van der Waals surface area contributed by atoms with E-state index in [1.54, 1.807) is 37.4 Å².